The molecular weight excluding hydrogens is 360 g/mol. The Balaban J connectivity index is 1.49. The zero-order valence-electron chi connectivity index (χ0n) is 17.2. The van der Waals surface area contributed by atoms with Crippen LogP contribution in [0.4, 0.5) is 28.8 Å². The minimum Gasteiger partial charge on any atom is -0.372 e. The molecule has 1 fully saturated rings. The van der Waals surface area contributed by atoms with Crippen LogP contribution in [0.3, 0.4) is 0 Å². The third-order valence-corrected chi connectivity index (χ3v) is 5.41. The highest BCUT2D eigenvalue weighted by Crippen LogP contribution is 2.26. The number of para-hydroxylation sites is 1. The zero-order chi connectivity index (χ0) is 20.1. The van der Waals surface area contributed by atoms with Crippen molar-refractivity contribution in [3.63, 3.8) is 0 Å². The van der Waals surface area contributed by atoms with Crippen LogP contribution in [0, 0.1) is 0 Å². The summed E-state index contributed by atoms with van der Waals surface area (Å²) in [6.07, 6.45) is 6.11. The van der Waals surface area contributed by atoms with E-state index in [1.807, 2.05) is 0 Å². The normalized spacial score (nSPS) is 13.5. The van der Waals surface area contributed by atoms with Gasteiger partial charge in [-0.05, 0) is 61.1 Å². The second-order valence-corrected chi connectivity index (χ2v) is 7.31. The summed E-state index contributed by atoms with van der Waals surface area (Å²) in [5, 5.41) is 15.0. The fourth-order valence-corrected chi connectivity index (χ4v) is 3.81. The topological polar surface area (TPSA) is 66.0 Å². The van der Waals surface area contributed by atoms with Gasteiger partial charge in [0.2, 0.25) is 5.95 Å². The summed E-state index contributed by atoms with van der Waals surface area (Å²) in [6, 6.07) is 14.9. The second-order valence-electron chi connectivity index (χ2n) is 7.31. The number of rotatable bonds is 7. The van der Waals surface area contributed by atoms with Crippen LogP contribution >= 0.6 is 0 Å². The molecule has 1 aromatic heterocycles. The molecule has 29 heavy (non-hydrogen) atoms. The van der Waals surface area contributed by atoms with Crippen LogP contribution in [0.5, 0.6) is 0 Å². The van der Waals surface area contributed by atoms with E-state index in [2.05, 4.69) is 87.0 Å². The maximum absolute atomic E-state index is 4.61. The third-order valence-electron chi connectivity index (χ3n) is 5.41. The lowest BCUT2D eigenvalue weighted by Gasteiger charge is -2.18. The van der Waals surface area contributed by atoms with E-state index in [9.17, 15) is 0 Å². The van der Waals surface area contributed by atoms with Crippen LogP contribution in [0.15, 0.2) is 48.7 Å². The summed E-state index contributed by atoms with van der Waals surface area (Å²) in [4.78, 5) is 7.03. The minimum absolute atomic E-state index is 0.499. The number of aryl methyl sites for hydroxylation is 2. The summed E-state index contributed by atoms with van der Waals surface area (Å²) in [7, 11) is 0. The number of hydrogen-bond acceptors (Lipinski definition) is 6. The molecule has 2 aromatic carbocycles. The first-order chi connectivity index (χ1) is 14.3. The first kappa shape index (κ1) is 19.2. The lowest BCUT2D eigenvalue weighted by molar-refractivity contribution is 0.949. The Hall–Kier alpha value is -3.15. The highest BCUT2D eigenvalue weighted by atomic mass is 15.3. The molecule has 0 amide bonds. The van der Waals surface area contributed by atoms with Crippen molar-refractivity contribution in [1.82, 2.24) is 15.2 Å². The maximum Gasteiger partial charge on any atom is 0.249 e. The van der Waals surface area contributed by atoms with Gasteiger partial charge in [0.25, 0.3) is 0 Å². The van der Waals surface area contributed by atoms with Gasteiger partial charge in [-0.25, -0.2) is 0 Å². The average Bonchev–Trinajstić information content (AvgIpc) is 3.30. The maximum atomic E-state index is 4.61. The zero-order valence-corrected chi connectivity index (χ0v) is 17.2. The van der Waals surface area contributed by atoms with Crippen LogP contribution in [0.25, 0.3) is 0 Å². The van der Waals surface area contributed by atoms with E-state index < -0.39 is 0 Å². The van der Waals surface area contributed by atoms with Crippen LogP contribution < -0.4 is 15.5 Å². The summed E-state index contributed by atoms with van der Waals surface area (Å²) in [5.41, 5.74) is 5.86. The Labute approximate surface area is 172 Å². The van der Waals surface area contributed by atoms with Crippen LogP contribution in [0.1, 0.15) is 37.8 Å². The summed E-state index contributed by atoms with van der Waals surface area (Å²) < 4.78 is 0. The van der Waals surface area contributed by atoms with E-state index in [-0.39, 0.29) is 0 Å². The Morgan fingerprint density at radius 1 is 0.897 bits per heavy atom. The highest BCUT2D eigenvalue weighted by molar-refractivity contribution is 5.65. The molecular formula is C23H28N6. The first-order valence-electron chi connectivity index (χ1n) is 10.5. The van der Waals surface area contributed by atoms with Gasteiger partial charge in [-0.2, -0.15) is 10.1 Å². The Kier molecular flexibility index (Phi) is 5.89. The molecule has 0 bridgehead atoms. The fourth-order valence-electron chi connectivity index (χ4n) is 3.81. The number of benzene rings is 2. The molecule has 0 atom stereocenters. The van der Waals surface area contributed by atoms with E-state index in [4.69, 9.17) is 0 Å². The lowest BCUT2D eigenvalue weighted by atomic mass is 10.0. The molecule has 0 spiro atoms. The largest absolute Gasteiger partial charge is 0.372 e. The molecule has 6 heteroatoms. The van der Waals surface area contributed by atoms with Gasteiger partial charge in [-0.1, -0.05) is 32.0 Å². The van der Waals surface area contributed by atoms with Gasteiger partial charge in [0.1, 0.15) is 0 Å². The third kappa shape index (κ3) is 4.47. The Morgan fingerprint density at radius 3 is 2.24 bits per heavy atom. The lowest BCUT2D eigenvalue weighted by Crippen LogP contribution is -2.17. The fraction of sp³-hybridized carbons (Fsp3) is 0.348. The molecule has 150 valence electrons. The van der Waals surface area contributed by atoms with Gasteiger partial charge in [0, 0.05) is 30.2 Å². The van der Waals surface area contributed by atoms with E-state index >= 15 is 0 Å². The van der Waals surface area contributed by atoms with Gasteiger partial charge in [0.05, 0.1) is 6.20 Å². The molecule has 0 unspecified atom stereocenters. The smallest absolute Gasteiger partial charge is 0.249 e. The molecule has 0 radical (unpaired) electrons. The van der Waals surface area contributed by atoms with E-state index in [0.29, 0.717) is 11.8 Å². The summed E-state index contributed by atoms with van der Waals surface area (Å²) in [6.45, 7) is 6.61. The van der Waals surface area contributed by atoms with Crippen LogP contribution in [0.2, 0.25) is 0 Å². The molecule has 1 saturated heterocycles. The molecule has 4 rings (SSSR count). The molecule has 3 aromatic rings. The molecule has 0 saturated carbocycles. The van der Waals surface area contributed by atoms with Crippen molar-refractivity contribution in [3.05, 3.63) is 59.8 Å². The average molecular weight is 389 g/mol. The van der Waals surface area contributed by atoms with Crippen molar-refractivity contribution in [2.24, 2.45) is 0 Å². The minimum atomic E-state index is 0.499. The van der Waals surface area contributed by atoms with Crippen molar-refractivity contribution < 1.29 is 0 Å². The van der Waals surface area contributed by atoms with Crippen LogP contribution in [-0.2, 0) is 12.8 Å². The predicted octanol–water partition coefficient (Wildman–Crippen LogP) is 5.08. The highest BCUT2D eigenvalue weighted by Gasteiger charge is 2.12. The quantitative estimate of drug-likeness (QED) is 0.588. The summed E-state index contributed by atoms with van der Waals surface area (Å²) in [5.74, 6) is 1.17. The van der Waals surface area contributed by atoms with Crippen molar-refractivity contribution in [3.8, 4) is 0 Å². The van der Waals surface area contributed by atoms with Gasteiger partial charge < -0.3 is 15.5 Å². The number of hydrogen-bond donors (Lipinski definition) is 2. The second kappa shape index (κ2) is 8.90. The predicted molar refractivity (Wildman–Crippen MR) is 119 cm³/mol. The molecule has 2 N–H and O–H groups in total. The van der Waals surface area contributed by atoms with Crippen molar-refractivity contribution >= 4 is 28.8 Å². The van der Waals surface area contributed by atoms with Crippen molar-refractivity contribution in [2.75, 3.05) is 28.6 Å². The molecule has 1 aliphatic rings. The molecule has 6 nitrogen and oxygen atoms in total. The number of nitrogens with one attached hydrogen (secondary N) is 2. The van der Waals surface area contributed by atoms with Gasteiger partial charge in [-0.15, -0.1) is 5.10 Å². The van der Waals surface area contributed by atoms with E-state index in [0.717, 1.165) is 37.3 Å². The number of nitrogens with zero attached hydrogens (tertiary/aromatic N) is 4. The SMILES string of the molecule is CCc1cccc(CC)c1Nc1nncc(Nc2ccc(N3CCCC3)cc2)n1. The molecule has 2 heterocycles. The van der Waals surface area contributed by atoms with Crippen molar-refractivity contribution in [2.45, 2.75) is 39.5 Å². The number of aromatic nitrogens is 3. The van der Waals surface area contributed by atoms with E-state index in [1.54, 1.807) is 6.20 Å². The van der Waals surface area contributed by atoms with Crippen LogP contribution in [-0.4, -0.2) is 28.3 Å². The van der Waals surface area contributed by atoms with Gasteiger partial charge in [0.15, 0.2) is 5.82 Å². The Bertz CT molecular complexity index is 926. The standard InChI is InChI=1S/C23H28N6/c1-3-17-8-7-9-18(4-2)22(17)27-23-26-21(16-24-28-23)25-19-10-12-20(13-11-19)29-14-5-6-15-29/h7-13,16H,3-6,14-15H2,1-2H3,(H2,25,26,27,28). The van der Waals surface area contributed by atoms with Gasteiger partial charge >= 0.3 is 0 Å². The first-order valence-corrected chi connectivity index (χ1v) is 10.5. The van der Waals surface area contributed by atoms with Gasteiger partial charge in [-0.3, -0.25) is 0 Å². The summed E-state index contributed by atoms with van der Waals surface area (Å²) >= 11 is 0. The molecule has 1 aliphatic heterocycles. The number of anilines is 5. The van der Waals surface area contributed by atoms with Crippen molar-refractivity contribution in [1.29, 1.82) is 0 Å². The molecule has 0 aliphatic carbocycles. The Morgan fingerprint density at radius 2 is 1.59 bits per heavy atom. The van der Waals surface area contributed by atoms with E-state index in [1.165, 1.54) is 29.7 Å². The monoisotopic (exact) mass is 388 g/mol.